The largest absolute Gasteiger partial charge is 0.497 e. The quantitative estimate of drug-likeness (QED) is 0.352. The van der Waals surface area contributed by atoms with Crippen LogP contribution in [0.5, 0.6) is 5.75 Å². The molecule has 0 heterocycles. The third-order valence-electron chi connectivity index (χ3n) is 4.53. The molecule has 0 radical (unpaired) electrons. The van der Waals surface area contributed by atoms with Crippen molar-refractivity contribution in [3.8, 4) is 11.8 Å². The Bertz CT molecular complexity index is 1200. The van der Waals surface area contributed by atoms with Crippen LogP contribution in [0.15, 0.2) is 66.2 Å². The molecule has 0 atom stereocenters. The zero-order valence-corrected chi connectivity index (χ0v) is 18.0. The van der Waals surface area contributed by atoms with Gasteiger partial charge in [0.15, 0.2) is 0 Å². The summed E-state index contributed by atoms with van der Waals surface area (Å²) in [5.74, 6) is -0.353. The molecule has 0 aromatic heterocycles. The molecule has 4 nitrogen and oxygen atoms in total. The molecule has 0 aliphatic carbocycles. The number of rotatable bonds is 6. The lowest BCUT2D eigenvalue weighted by Gasteiger charge is -2.11. The summed E-state index contributed by atoms with van der Waals surface area (Å²) in [6.45, 7) is 0. The smallest absolute Gasteiger partial charge is 0.266 e. The third kappa shape index (κ3) is 5.64. The van der Waals surface area contributed by atoms with Crippen molar-refractivity contribution in [2.75, 3.05) is 12.4 Å². The molecule has 3 rings (SSSR count). The molecule has 3 aromatic rings. The number of ether oxygens (including phenoxy) is 1. The number of carbonyl (C=O) groups excluding carboxylic acids is 1. The molecular weight excluding hydrogens is 438 g/mol. The van der Waals surface area contributed by atoms with Crippen molar-refractivity contribution in [2.45, 2.75) is 6.42 Å². The Balaban J connectivity index is 1.93. The van der Waals surface area contributed by atoms with E-state index in [1.54, 1.807) is 48.5 Å². The first-order valence-electron chi connectivity index (χ1n) is 9.19. The molecular formula is C24H17Cl2FN2O2. The van der Waals surface area contributed by atoms with Crippen molar-refractivity contribution in [3.63, 3.8) is 0 Å². The van der Waals surface area contributed by atoms with E-state index in [0.717, 1.165) is 0 Å². The Morgan fingerprint density at radius 1 is 1.10 bits per heavy atom. The molecule has 0 aliphatic heterocycles. The summed E-state index contributed by atoms with van der Waals surface area (Å²) in [6.07, 6.45) is 1.73. The van der Waals surface area contributed by atoms with Crippen molar-refractivity contribution < 1.29 is 13.9 Å². The molecule has 0 bridgehead atoms. The van der Waals surface area contributed by atoms with Crippen LogP contribution in [0, 0.1) is 17.1 Å². The summed E-state index contributed by atoms with van der Waals surface area (Å²) in [5.41, 5.74) is 2.08. The minimum atomic E-state index is -0.603. The van der Waals surface area contributed by atoms with Crippen LogP contribution in [-0.2, 0) is 11.2 Å². The van der Waals surface area contributed by atoms with Crippen LogP contribution < -0.4 is 10.1 Å². The van der Waals surface area contributed by atoms with Crippen LogP contribution in [0.3, 0.4) is 0 Å². The van der Waals surface area contributed by atoms with Gasteiger partial charge in [0.05, 0.1) is 17.2 Å². The Kier molecular flexibility index (Phi) is 7.30. The van der Waals surface area contributed by atoms with E-state index in [0.29, 0.717) is 33.1 Å². The van der Waals surface area contributed by atoms with E-state index in [2.05, 4.69) is 5.32 Å². The third-order valence-corrected chi connectivity index (χ3v) is 5.27. The van der Waals surface area contributed by atoms with Gasteiger partial charge in [-0.2, -0.15) is 5.26 Å². The highest BCUT2D eigenvalue weighted by atomic mass is 35.5. The Morgan fingerprint density at radius 2 is 1.87 bits per heavy atom. The maximum absolute atomic E-state index is 14.2. The maximum atomic E-state index is 14.2. The molecule has 1 amide bonds. The van der Waals surface area contributed by atoms with Crippen molar-refractivity contribution in [2.24, 2.45) is 0 Å². The van der Waals surface area contributed by atoms with E-state index in [9.17, 15) is 14.4 Å². The predicted octanol–water partition coefficient (Wildman–Crippen LogP) is 6.28. The Morgan fingerprint density at radius 3 is 2.55 bits per heavy atom. The first-order chi connectivity index (χ1) is 14.9. The fourth-order valence-corrected chi connectivity index (χ4v) is 3.22. The number of nitrogens with zero attached hydrogens (tertiary/aromatic N) is 1. The van der Waals surface area contributed by atoms with Crippen LogP contribution in [-0.4, -0.2) is 13.0 Å². The second-order valence-electron chi connectivity index (χ2n) is 6.59. The van der Waals surface area contributed by atoms with E-state index in [4.69, 9.17) is 27.9 Å². The zero-order valence-electron chi connectivity index (χ0n) is 16.5. The molecule has 0 unspecified atom stereocenters. The lowest BCUT2D eigenvalue weighted by molar-refractivity contribution is -0.112. The summed E-state index contributed by atoms with van der Waals surface area (Å²) < 4.78 is 19.4. The molecule has 1 N–H and O–H groups in total. The highest BCUT2D eigenvalue weighted by Gasteiger charge is 2.13. The minimum Gasteiger partial charge on any atom is -0.497 e. The van der Waals surface area contributed by atoms with Gasteiger partial charge < -0.3 is 10.1 Å². The van der Waals surface area contributed by atoms with Crippen molar-refractivity contribution in [1.82, 2.24) is 0 Å². The van der Waals surface area contributed by atoms with Gasteiger partial charge in [-0.1, -0.05) is 47.5 Å². The van der Waals surface area contributed by atoms with Crippen LogP contribution in [0.25, 0.3) is 6.08 Å². The van der Waals surface area contributed by atoms with Gasteiger partial charge in [-0.25, -0.2) is 4.39 Å². The Labute approximate surface area is 189 Å². The number of nitriles is 1. The SMILES string of the molecule is COc1ccc(/C=C(\C#N)C(=O)Nc2ccc(Cl)c(Cl)c2)c(Cc2ccccc2F)c1. The van der Waals surface area contributed by atoms with Gasteiger partial charge >= 0.3 is 0 Å². The van der Waals surface area contributed by atoms with Crippen LogP contribution >= 0.6 is 23.2 Å². The van der Waals surface area contributed by atoms with Crippen LogP contribution in [0.1, 0.15) is 16.7 Å². The van der Waals surface area contributed by atoms with E-state index < -0.39 is 5.91 Å². The van der Waals surface area contributed by atoms with Gasteiger partial charge in [0.25, 0.3) is 5.91 Å². The number of halogens is 3. The maximum Gasteiger partial charge on any atom is 0.266 e. The number of nitrogens with one attached hydrogen (secondary N) is 1. The first-order valence-corrected chi connectivity index (χ1v) is 9.95. The highest BCUT2D eigenvalue weighted by Crippen LogP contribution is 2.26. The number of amides is 1. The summed E-state index contributed by atoms with van der Waals surface area (Å²) in [5, 5.41) is 12.8. The minimum absolute atomic E-state index is 0.119. The van der Waals surface area contributed by atoms with Crippen molar-refractivity contribution >= 4 is 40.9 Å². The summed E-state index contributed by atoms with van der Waals surface area (Å²) in [4.78, 5) is 12.6. The van der Waals surface area contributed by atoms with E-state index in [1.807, 2.05) is 6.07 Å². The summed E-state index contributed by atoms with van der Waals surface area (Å²) in [6, 6.07) is 18.2. The number of hydrogen-bond acceptors (Lipinski definition) is 3. The van der Waals surface area contributed by atoms with Gasteiger partial charge in [-0.05, 0) is 59.2 Å². The number of carbonyl (C=O) groups is 1. The van der Waals surface area contributed by atoms with Gasteiger partial charge in [0.2, 0.25) is 0 Å². The number of benzene rings is 3. The molecule has 31 heavy (non-hydrogen) atoms. The second kappa shape index (κ2) is 10.1. The normalized spacial score (nSPS) is 11.0. The molecule has 156 valence electrons. The van der Waals surface area contributed by atoms with E-state index >= 15 is 0 Å². The monoisotopic (exact) mass is 454 g/mol. The number of methoxy groups -OCH3 is 1. The second-order valence-corrected chi connectivity index (χ2v) is 7.40. The molecule has 0 fully saturated rings. The predicted molar refractivity (Wildman–Crippen MR) is 121 cm³/mol. The van der Waals surface area contributed by atoms with Crippen LogP contribution in [0.4, 0.5) is 10.1 Å². The lowest BCUT2D eigenvalue weighted by atomic mass is 9.97. The topological polar surface area (TPSA) is 62.1 Å². The number of hydrogen-bond donors (Lipinski definition) is 1. The molecule has 0 saturated heterocycles. The van der Waals surface area contributed by atoms with Crippen molar-refractivity contribution in [3.05, 3.63) is 98.8 Å². The molecule has 7 heteroatoms. The summed E-state index contributed by atoms with van der Waals surface area (Å²) >= 11 is 11.9. The first kappa shape index (κ1) is 22.4. The van der Waals surface area contributed by atoms with E-state index in [-0.39, 0.29) is 22.8 Å². The van der Waals surface area contributed by atoms with Gasteiger partial charge in [0.1, 0.15) is 23.2 Å². The lowest BCUT2D eigenvalue weighted by Crippen LogP contribution is -2.13. The van der Waals surface area contributed by atoms with Gasteiger partial charge in [-0.15, -0.1) is 0 Å². The molecule has 0 spiro atoms. The summed E-state index contributed by atoms with van der Waals surface area (Å²) in [7, 11) is 1.53. The van der Waals surface area contributed by atoms with Crippen LogP contribution in [0.2, 0.25) is 10.0 Å². The van der Waals surface area contributed by atoms with Gasteiger partial charge in [0, 0.05) is 12.1 Å². The van der Waals surface area contributed by atoms with E-state index in [1.165, 1.54) is 25.3 Å². The highest BCUT2D eigenvalue weighted by molar-refractivity contribution is 6.42. The standard InChI is InChI=1S/C24H17Cl2FN2O2/c1-31-20-8-6-15(17(12-20)11-16-4-2-3-5-23(16)27)10-18(14-28)24(30)29-19-7-9-21(25)22(26)13-19/h2-10,12-13H,11H2,1H3,(H,29,30)/b18-10+. The average molecular weight is 455 g/mol. The zero-order chi connectivity index (χ0) is 22.4. The molecule has 3 aromatic carbocycles. The Hall–Kier alpha value is -3.33. The fourth-order valence-electron chi connectivity index (χ4n) is 2.93. The fraction of sp³-hybridized carbons (Fsp3) is 0.0833. The number of anilines is 1. The molecule has 0 aliphatic rings. The van der Waals surface area contributed by atoms with Gasteiger partial charge in [-0.3, -0.25) is 4.79 Å². The molecule has 0 saturated carbocycles. The average Bonchev–Trinajstić information content (AvgIpc) is 2.76. The van der Waals surface area contributed by atoms with Crippen molar-refractivity contribution in [1.29, 1.82) is 5.26 Å².